The lowest BCUT2D eigenvalue weighted by atomic mass is 9.98. The average molecular weight is 459 g/mol. The number of aromatic nitrogens is 2. The molecule has 0 spiro atoms. The van der Waals surface area contributed by atoms with Crippen molar-refractivity contribution in [2.75, 3.05) is 37.9 Å². The second kappa shape index (κ2) is 9.28. The summed E-state index contributed by atoms with van der Waals surface area (Å²) in [6, 6.07) is 10.4. The highest BCUT2D eigenvalue weighted by molar-refractivity contribution is 7.84. The summed E-state index contributed by atoms with van der Waals surface area (Å²) in [4.78, 5) is 7.96. The van der Waals surface area contributed by atoms with E-state index >= 15 is 0 Å². The van der Waals surface area contributed by atoms with Gasteiger partial charge >= 0.3 is 10.3 Å². The van der Waals surface area contributed by atoms with E-state index in [-0.39, 0.29) is 17.5 Å². The fourth-order valence-corrected chi connectivity index (χ4v) is 3.50. The van der Waals surface area contributed by atoms with Crippen LogP contribution in [0.2, 0.25) is 0 Å². The lowest BCUT2D eigenvalue weighted by Gasteiger charge is -2.19. The maximum atomic E-state index is 12.6. The molecule has 1 aromatic heterocycles. The highest BCUT2D eigenvalue weighted by Crippen LogP contribution is 2.41. The first-order valence-electron chi connectivity index (χ1n) is 9.75. The number of anilines is 3. The highest BCUT2D eigenvalue weighted by atomic mass is 32.2. The van der Waals surface area contributed by atoms with Crippen LogP contribution in [-0.4, -0.2) is 43.4 Å². The Hall–Kier alpha value is -3.57. The number of hydrogen-bond acceptors (Lipinski definition) is 9. The molecule has 1 heterocycles. The maximum absolute atomic E-state index is 12.6. The highest BCUT2D eigenvalue weighted by Gasteiger charge is 2.23. The molecule has 0 amide bonds. The van der Waals surface area contributed by atoms with Gasteiger partial charge in [-0.05, 0) is 42.3 Å². The molecule has 0 saturated carbocycles. The van der Waals surface area contributed by atoms with Gasteiger partial charge in [0.2, 0.25) is 5.95 Å². The lowest BCUT2D eigenvalue weighted by molar-refractivity contribution is 0.340. The van der Waals surface area contributed by atoms with Gasteiger partial charge in [0.1, 0.15) is 11.6 Å². The summed E-state index contributed by atoms with van der Waals surface area (Å²) < 4.78 is 37.5. The van der Waals surface area contributed by atoms with Gasteiger partial charge < -0.3 is 26.1 Å². The van der Waals surface area contributed by atoms with Gasteiger partial charge in [-0.2, -0.15) is 17.7 Å². The first-order valence-corrected chi connectivity index (χ1v) is 11.1. The van der Waals surface area contributed by atoms with E-state index < -0.39 is 10.3 Å². The zero-order valence-corrected chi connectivity index (χ0v) is 18.9. The number of hydrogen-bond donors (Lipinski definition) is 3. The maximum Gasteiger partial charge on any atom is 0.384 e. The van der Waals surface area contributed by atoms with Crippen molar-refractivity contribution in [2.45, 2.75) is 13.3 Å². The van der Waals surface area contributed by atoms with Crippen LogP contribution in [0.15, 0.2) is 42.6 Å². The van der Waals surface area contributed by atoms with E-state index in [1.54, 1.807) is 36.4 Å². The van der Waals surface area contributed by atoms with E-state index in [9.17, 15) is 8.42 Å². The van der Waals surface area contributed by atoms with Crippen LogP contribution < -0.4 is 26.1 Å². The van der Waals surface area contributed by atoms with Gasteiger partial charge in [-0.15, -0.1) is 0 Å². The van der Waals surface area contributed by atoms with Crippen LogP contribution in [0.1, 0.15) is 18.1 Å². The molecule has 0 unspecified atom stereocenters. The molecule has 0 radical (unpaired) electrons. The van der Waals surface area contributed by atoms with Gasteiger partial charge in [-0.25, -0.2) is 4.98 Å². The van der Waals surface area contributed by atoms with Crippen molar-refractivity contribution < 1.29 is 17.3 Å². The van der Waals surface area contributed by atoms with Crippen LogP contribution in [0.3, 0.4) is 0 Å². The second-order valence-corrected chi connectivity index (χ2v) is 8.91. The van der Waals surface area contributed by atoms with E-state index in [4.69, 9.17) is 26.1 Å². The van der Waals surface area contributed by atoms with E-state index in [1.807, 2.05) is 6.92 Å². The van der Waals surface area contributed by atoms with Gasteiger partial charge in [0.25, 0.3) is 0 Å². The normalized spacial score (nSPS) is 11.5. The van der Waals surface area contributed by atoms with Crippen molar-refractivity contribution in [3.63, 3.8) is 0 Å². The minimum atomic E-state index is -4.04. The predicted octanol–water partition coefficient (Wildman–Crippen LogP) is 2.06. The molecule has 3 aromatic rings. The summed E-state index contributed by atoms with van der Waals surface area (Å²) in [6.45, 7) is 2.20. The molecule has 0 bridgehead atoms. The van der Waals surface area contributed by atoms with Crippen LogP contribution in [0.25, 0.3) is 11.1 Å². The number of ether oxygens (including phenoxy) is 1. The summed E-state index contributed by atoms with van der Waals surface area (Å²) in [6.07, 6.45) is 1.84. The molecule has 0 aliphatic carbocycles. The molecule has 6 N–H and O–H groups in total. The van der Waals surface area contributed by atoms with Gasteiger partial charge in [0.05, 0.1) is 12.2 Å². The van der Waals surface area contributed by atoms with Gasteiger partial charge in [0.15, 0.2) is 5.75 Å². The second-order valence-electron chi connectivity index (χ2n) is 7.16. The number of rotatable bonds is 8. The molecule has 11 heteroatoms. The lowest BCUT2D eigenvalue weighted by Crippen LogP contribution is -2.27. The van der Waals surface area contributed by atoms with Crippen LogP contribution in [0, 0.1) is 0 Å². The predicted molar refractivity (Wildman–Crippen MR) is 124 cm³/mol. The third-order valence-electron chi connectivity index (χ3n) is 4.58. The van der Waals surface area contributed by atoms with Gasteiger partial charge in [-0.3, -0.25) is 0 Å². The molecule has 2 aromatic carbocycles. The van der Waals surface area contributed by atoms with Crippen LogP contribution in [0.4, 0.5) is 17.5 Å². The first-order chi connectivity index (χ1) is 15.1. The quantitative estimate of drug-likeness (QED) is 0.429. The van der Waals surface area contributed by atoms with E-state index in [2.05, 4.69) is 9.97 Å². The summed E-state index contributed by atoms with van der Waals surface area (Å²) >= 11 is 0. The zero-order chi connectivity index (χ0) is 23.5. The van der Waals surface area contributed by atoms with E-state index in [1.165, 1.54) is 20.3 Å². The summed E-state index contributed by atoms with van der Waals surface area (Å²) in [5.74, 6) is 0.871. The third kappa shape index (κ3) is 5.18. The minimum absolute atomic E-state index is 0.0704. The Balaban J connectivity index is 2.19. The smallest absolute Gasteiger partial charge is 0.384 e. The Morgan fingerprint density at radius 1 is 1.03 bits per heavy atom. The molecule has 32 heavy (non-hydrogen) atoms. The molecule has 0 aliphatic heterocycles. The Morgan fingerprint density at radius 2 is 1.69 bits per heavy atom. The third-order valence-corrected chi connectivity index (χ3v) is 5.86. The number of benzene rings is 2. The standard InChI is InChI=1S/C21H26N6O4S/c1-4-30-17-10-13(9-15-12-25-21(24)26-20(15)23)11-18(31-32(28,29)27(2)3)19(17)14-5-7-16(22)8-6-14/h5-8,10-12H,4,9,22H2,1-3H3,(H4,23,24,25,26). The SMILES string of the molecule is CCOc1cc(Cc2cnc(N)nc2N)cc(OS(=O)(=O)N(C)C)c1-c1ccc(N)cc1. The molecule has 0 saturated heterocycles. The van der Waals surface area contributed by atoms with Crippen molar-refractivity contribution in [3.8, 4) is 22.6 Å². The first kappa shape index (κ1) is 23.1. The Morgan fingerprint density at radius 3 is 2.28 bits per heavy atom. The summed E-state index contributed by atoms with van der Waals surface area (Å²) in [5.41, 5.74) is 20.4. The molecule has 0 atom stereocenters. The van der Waals surface area contributed by atoms with Crippen LogP contribution >= 0.6 is 0 Å². The van der Waals surface area contributed by atoms with E-state index in [0.717, 1.165) is 4.31 Å². The summed E-state index contributed by atoms with van der Waals surface area (Å²) in [7, 11) is -1.26. The largest absolute Gasteiger partial charge is 0.493 e. The number of nitrogens with zero attached hydrogens (tertiary/aromatic N) is 3. The van der Waals surface area contributed by atoms with Gasteiger partial charge in [0, 0.05) is 38.0 Å². The van der Waals surface area contributed by atoms with Crippen LogP contribution in [-0.2, 0) is 16.7 Å². The van der Waals surface area contributed by atoms with Gasteiger partial charge in [-0.1, -0.05) is 12.1 Å². The molecule has 0 aliphatic rings. The molecule has 3 rings (SSSR count). The molecule has 0 fully saturated rings. The molecule has 10 nitrogen and oxygen atoms in total. The minimum Gasteiger partial charge on any atom is -0.493 e. The molecular weight excluding hydrogens is 432 g/mol. The summed E-state index contributed by atoms with van der Waals surface area (Å²) in [5, 5.41) is 0. The van der Waals surface area contributed by atoms with Crippen molar-refractivity contribution in [2.24, 2.45) is 0 Å². The van der Waals surface area contributed by atoms with Crippen molar-refractivity contribution in [1.29, 1.82) is 0 Å². The Labute approximate surface area is 187 Å². The monoisotopic (exact) mass is 458 g/mol. The van der Waals surface area contributed by atoms with Crippen molar-refractivity contribution >= 4 is 27.8 Å². The van der Waals surface area contributed by atoms with E-state index in [0.29, 0.717) is 46.7 Å². The Bertz CT molecular complexity index is 1210. The topological polar surface area (TPSA) is 160 Å². The molecular formula is C21H26N6O4S. The fourth-order valence-electron chi connectivity index (χ4n) is 2.99. The van der Waals surface area contributed by atoms with Crippen LogP contribution in [0.5, 0.6) is 11.5 Å². The Kier molecular flexibility index (Phi) is 6.70. The van der Waals surface area contributed by atoms with Crippen molar-refractivity contribution in [3.05, 3.63) is 53.7 Å². The average Bonchev–Trinajstić information content (AvgIpc) is 2.71. The number of nitrogen functional groups attached to an aromatic ring is 3. The fraction of sp³-hybridized carbons (Fsp3) is 0.238. The zero-order valence-electron chi connectivity index (χ0n) is 18.1. The number of nitrogens with two attached hydrogens (primary N) is 3. The molecule has 170 valence electrons. The van der Waals surface area contributed by atoms with Crippen molar-refractivity contribution in [1.82, 2.24) is 14.3 Å².